The first kappa shape index (κ1) is 13.5. The second-order valence-corrected chi connectivity index (χ2v) is 5.13. The summed E-state index contributed by atoms with van der Waals surface area (Å²) < 4.78 is 0. The van der Waals surface area contributed by atoms with Crippen molar-refractivity contribution in [1.29, 1.82) is 0 Å². The molecule has 0 aliphatic carbocycles. The third-order valence-corrected chi connectivity index (χ3v) is 3.75. The lowest BCUT2D eigenvalue weighted by molar-refractivity contribution is -0.380. The molecule has 2 amide bonds. The fraction of sp³-hybridized carbons (Fsp3) is 0.455. The van der Waals surface area contributed by atoms with Crippen LogP contribution in [0.3, 0.4) is 0 Å². The summed E-state index contributed by atoms with van der Waals surface area (Å²) in [7, 11) is 0. The van der Waals surface area contributed by atoms with Gasteiger partial charge in [0.15, 0.2) is 0 Å². The number of rotatable bonds is 3. The number of amides is 2. The maximum atomic E-state index is 11.9. The highest BCUT2D eigenvalue weighted by molar-refractivity contribution is 7.13. The molecule has 1 atom stereocenters. The van der Waals surface area contributed by atoms with Crippen molar-refractivity contribution in [1.82, 2.24) is 10.6 Å². The van der Waals surface area contributed by atoms with Gasteiger partial charge in [0, 0.05) is 18.0 Å². The monoisotopic (exact) mass is 283 g/mol. The molecule has 8 heteroatoms. The minimum absolute atomic E-state index is 0.0875. The fourth-order valence-electron chi connectivity index (χ4n) is 1.86. The van der Waals surface area contributed by atoms with E-state index in [1.165, 1.54) is 11.4 Å². The number of nitrogens with zero attached hydrogens (tertiary/aromatic N) is 1. The topological polar surface area (TPSA) is 101 Å². The third-order valence-electron chi connectivity index (χ3n) is 2.87. The summed E-state index contributed by atoms with van der Waals surface area (Å²) in [4.78, 5) is 33.6. The summed E-state index contributed by atoms with van der Waals surface area (Å²) >= 11 is 0.892. The molecular formula is C11H13N3O4S. The Kier molecular flexibility index (Phi) is 4.10. The van der Waals surface area contributed by atoms with Crippen molar-refractivity contribution in [3.8, 4) is 0 Å². The largest absolute Gasteiger partial charge is 0.354 e. The van der Waals surface area contributed by atoms with E-state index in [0.717, 1.165) is 24.2 Å². The molecule has 1 aliphatic heterocycles. The number of carbonyl (C=O) groups is 2. The molecule has 0 aromatic carbocycles. The maximum absolute atomic E-state index is 11.9. The van der Waals surface area contributed by atoms with E-state index >= 15 is 0 Å². The van der Waals surface area contributed by atoms with Gasteiger partial charge in [-0.1, -0.05) is 11.3 Å². The summed E-state index contributed by atoms with van der Waals surface area (Å²) in [5.74, 6) is -0.651. The normalized spacial score (nSPS) is 19.4. The van der Waals surface area contributed by atoms with Gasteiger partial charge >= 0.3 is 5.00 Å². The minimum atomic E-state index is -0.561. The predicted molar refractivity (Wildman–Crippen MR) is 69.1 cm³/mol. The Morgan fingerprint density at radius 1 is 1.53 bits per heavy atom. The van der Waals surface area contributed by atoms with Gasteiger partial charge < -0.3 is 10.6 Å². The van der Waals surface area contributed by atoms with Gasteiger partial charge in [-0.25, -0.2) is 0 Å². The zero-order chi connectivity index (χ0) is 13.8. The first-order valence-electron chi connectivity index (χ1n) is 5.89. The molecule has 2 N–H and O–H groups in total. The van der Waals surface area contributed by atoms with E-state index in [-0.39, 0.29) is 16.5 Å². The first-order valence-corrected chi connectivity index (χ1v) is 6.77. The molecule has 0 saturated carbocycles. The third kappa shape index (κ3) is 3.28. The summed E-state index contributed by atoms with van der Waals surface area (Å²) in [5, 5.41) is 17.2. The van der Waals surface area contributed by atoms with Gasteiger partial charge in [0.2, 0.25) is 5.91 Å². The second kappa shape index (κ2) is 5.79. The Hall–Kier alpha value is -1.96. The van der Waals surface area contributed by atoms with E-state index < -0.39 is 16.9 Å². The lowest BCUT2D eigenvalue weighted by atomic mass is 10.1. The highest BCUT2D eigenvalue weighted by Crippen LogP contribution is 2.22. The molecule has 1 aromatic heterocycles. The number of nitro groups is 1. The van der Waals surface area contributed by atoms with Gasteiger partial charge in [-0.2, -0.15) is 0 Å². The first-order chi connectivity index (χ1) is 9.08. The average Bonchev–Trinajstić information content (AvgIpc) is 2.78. The van der Waals surface area contributed by atoms with Gasteiger partial charge in [-0.3, -0.25) is 19.7 Å². The number of hydrogen-bond acceptors (Lipinski definition) is 5. The smallest absolute Gasteiger partial charge is 0.324 e. The van der Waals surface area contributed by atoms with Crippen molar-refractivity contribution < 1.29 is 14.5 Å². The van der Waals surface area contributed by atoms with Crippen molar-refractivity contribution in [3.05, 3.63) is 27.1 Å². The predicted octanol–water partition coefficient (Wildman–Crippen LogP) is 1.05. The van der Waals surface area contributed by atoms with Gasteiger partial charge in [-0.05, 0) is 19.3 Å². The SMILES string of the molecule is O=C(N[C@H]1CCCCNC1=O)c1csc([N+](=O)[O-])c1. The Bertz CT molecular complexity index is 514. The van der Waals surface area contributed by atoms with Gasteiger partial charge in [0.25, 0.3) is 5.91 Å². The number of hydrogen-bond donors (Lipinski definition) is 2. The molecule has 19 heavy (non-hydrogen) atoms. The molecule has 1 aliphatic rings. The lowest BCUT2D eigenvalue weighted by Crippen LogP contribution is -2.45. The van der Waals surface area contributed by atoms with E-state index in [0.29, 0.717) is 13.0 Å². The van der Waals surface area contributed by atoms with Gasteiger partial charge in [0.05, 0.1) is 10.5 Å². The zero-order valence-corrected chi connectivity index (χ0v) is 10.9. The van der Waals surface area contributed by atoms with Crippen LogP contribution in [0, 0.1) is 10.1 Å². The highest BCUT2D eigenvalue weighted by atomic mass is 32.1. The molecule has 0 bridgehead atoms. The second-order valence-electron chi connectivity index (χ2n) is 4.24. The fourth-order valence-corrected chi connectivity index (χ4v) is 2.56. The van der Waals surface area contributed by atoms with Crippen LogP contribution >= 0.6 is 11.3 Å². The average molecular weight is 283 g/mol. The zero-order valence-electron chi connectivity index (χ0n) is 10.0. The number of nitrogens with one attached hydrogen (secondary N) is 2. The van der Waals surface area contributed by atoms with E-state index in [1.807, 2.05) is 0 Å². The molecule has 1 saturated heterocycles. The van der Waals surface area contributed by atoms with Crippen molar-refractivity contribution in [3.63, 3.8) is 0 Å². The summed E-state index contributed by atoms with van der Waals surface area (Å²) in [5.41, 5.74) is 0.216. The molecule has 2 rings (SSSR count). The van der Waals surface area contributed by atoms with Crippen LogP contribution in [0.5, 0.6) is 0 Å². The minimum Gasteiger partial charge on any atom is -0.354 e. The van der Waals surface area contributed by atoms with Crippen LogP contribution in [-0.4, -0.2) is 29.3 Å². The molecule has 1 aromatic rings. The quantitative estimate of drug-likeness (QED) is 0.639. The van der Waals surface area contributed by atoms with Gasteiger partial charge in [-0.15, -0.1) is 0 Å². The van der Waals surface area contributed by atoms with Gasteiger partial charge in [0.1, 0.15) is 6.04 Å². The van der Waals surface area contributed by atoms with E-state index in [2.05, 4.69) is 10.6 Å². The molecule has 1 fully saturated rings. The summed E-state index contributed by atoms with van der Waals surface area (Å²) in [6.45, 7) is 0.620. The van der Waals surface area contributed by atoms with Crippen LogP contribution in [0.15, 0.2) is 11.4 Å². The van der Waals surface area contributed by atoms with Crippen LogP contribution in [0.2, 0.25) is 0 Å². The van der Waals surface area contributed by atoms with Crippen molar-refractivity contribution >= 4 is 28.2 Å². The molecular weight excluding hydrogens is 270 g/mol. The molecule has 102 valence electrons. The van der Waals surface area contributed by atoms with Crippen molar-refractivity contribution in [2.75, 3.05) is 6.54 Å². The standard InChI is InChI=1S/C11H13N3O4S/c15-10(7-5-9(14(17)18)19-6-7)13-8-3-1-2-4-12-11(8)16/h5-6,8H,1-4H2,(H,12,16)(H,13,15)/t8-/m0/s1. The van der Waals surface area contributed by atoms with Crippen LogP contribution in [0.25, 0.3) is 0 Å². The molecule has 7 nitrogen and oxygen atoms in total. The molecule has 0 spiro atoms. The van der Waals surface area contributed by atoms with Crippen LogP contribution in [0.1, 0.15) is 29.6 Å². The summed E-state index contributed by atoms with van der Waals surface area (Å²) in [6.07, 6.45) is 2.33. The van der Waals surface area contributed by atoms with Crippen molar-refractivity contribution in [2.45, 2.75) is 25.3 Å². The van der Waals surface area contributed by atoms with E-state index in [1.54, 1.807) is 0 Å². The molecule has 0 radical (unpaired) electrons. The van der Waals surface area contributed by atoms with Crippen LogP contribution in [-0.2, 0) is 4.79 Å². The Morgan fingerprint density at radius 2 is 2.32 bits per heavy atom. The van der Waals surface area contributed by atoms with Crippen LogP contribution < -0.4 is 10.6 Å². The Labute approximate surface area is 113 Å². The molecule has 0 unspecified atom stereocenters. The Morgan fingerprint density at radius 3 is 3.00 bits per heavy atom. The Balaban J connectivity index is 2.02. The van der Waals surface area contributed by atoms with E-state index in [4.69, 9.17) is 0 Å². The maximum Gasteiger partial charge on any atom is 0.324 e. The lowest BCUT2D eigenvalue weighted by Gasteiger charge is -2.14. The molecule has 2 heterocycles. The summed E-state index contributed by atoms with van der Waals surface area (Å²) in [6, 6.07) is 0.656. The number of carbonyl (C=O) groups excluding carboxylic acids is 2. The highest BCUT2D eigenvalue weighted by Gasteiger charge is 2.24. The van der Waals surface area contributed by atoms with Crippen molar-refractivity contribution in [2.24, 2.45) is 0 Å². The van der Waals surface area contributed by atoms with Crippen LogP contribution in [0.4, 0.5) is 5.00 Å². The number of thiophene rings is 1. The van der Waals surface area contributed by atoms with E-state index in [9.17, 15) is 19.7 Å².